The van der Waals surface area contributed by atoms with E-state index in [4.69, 9.17) is 22.1 Å². The standard InChI is InChI=1S/C14H16ClN3OS.ClH/c15-11-3-1-10(2-4-11)13-9-18(5-6-19-13)8-12-7-17-14(16)20-12;/h1-4,7,13H,5-6,8-9H2,(H2,16,17);1H. The molecule has 1 aromatic heterocycles. The van der Waals surface area contributed by atoms with Gasteiger partial charge in [0, 0.05) is 35.7 Å². The van der Waals surface area contributed by atoms with Gasteiger partial charge < -0.3 is 10.5 Å². The van der Waals surface area contributed by atoms with Crippen LogP contribution in [0.3, 0.4) is 0 Å². The van der Waals surface area contributed by atoms with Gasteiger partial charge in [-0.25, -0.2) is 4.98 Å². The summed E-state index contributed by atoms with van der Waals surface area (Å²) in [6.07, 6.45) is 1.96. The maximum atomic E-state index is 5.92. The summed E-state index contributed by atoms with van der Waals surface area (Å²) in [4.78, 5) is 7.66. The number of hydrogen-bond acceptors (Lipinski definition) is 5. The Labute approximate surface area is 139 Å². The van der Waals surface area contributed by atoms with E-state index < -0.39 is 0 Å². The maximum Gasteiger partial charge on any atom is 0.180 e. The minimum absolute atomic E-state index is 0. The molecule has 1 aliphatic rings. The van der Waals surface area contributed by atoms with Gasteiger partial charge in [0.15, 0.2) is 5.13 Å². The van der Waals surface area contributed by atoms with Crippen molar-refractivity contribution in [1.82, 2.24) is 9.88 Å². The fourth-order valence-corrected chi connectivity index (χ4v) is 3.19. The van der Waals surface area contributed by atoms with Gasteiger partial charge in [0.25, 0.3) is 0 Å². The monoisotopic (exact) mass is 345 g/mol. The van der Waals surface area contributed by atoms with E-state index in [0.29, 0.717) is 5.13 Å². The smallest absolute Gasteiger partial charge is 0.180 e. The second kappa shape index (κ2) is 7.42. The molecule has 2 N–H and O–H groups in total. The number of rotatable bonds is 3. The molecular weight excluding hydrogens is 329 g/mol. The van der Waals surface area contributed by atoms with E-state index in [9.17, 15) is 0 Å². The van der Waals surface area contributed by atoms with E-state index in [1.54, 1.807) is 11.3 Å². The minimum atomic E-state index is 0. The van der Waals surface area contributed by atoms with Crippen molar-refractivity contribution >= 4 is 40.5 Å². The van der Waals surface area contributed by atoms with Gasteiger partial charge in [-0.2, -0.15) is 0 Å². The zero-order valence-electron chi connectivity index (χ0n) is 11.4. The number of hydrogen-bond donors (Lipinski definition) is 1. The molecule has 0 amide bonds. The maximum absolute atomic E-state index is 5.92. The zero-order valence-corrected chi connectivity index (χ0v) is 13.8. The van der Waals surface area contributed by atoms with Crippen molar-refractivity contribution in [3.8, 4) is 0 Å². The van der Waals surface area contributed by atoms with E-state index in [-0.39, 0.29) is 18.5 Å². The van der Waals surface area contributed by atoms with Crippen molar-refractivity contribution in [2.75, 3.05) is 25.4 Å². The number of benzene rings is 1. The van der Waals surface area contributed by atoms with E-state index in [1.165, 1.54) is 10.4 Å². The largest absolute Gasteiger partial charge is 0.375 e. The van der Waals surface area contributed by atoms with Crippen LogP contribution < -0.4 is 5.73 Å². The van der Waals surface area contributed by atoms with Crippen LogP contribution in [0.2, 0.25) is 5.02 Å². The third kappa shape index (κ3) is 4.31. The van der Waals surface area contributed by atoms with Gasteiger partial charge in [0.2, 0.25) is 0 Å². The first-order valence-electron chi connectivity index (χ1n) is 6.50. The Morgan fingerprint density at radius 3 is 2.81 bits per heavy atom. The molecule has 1 aromatic carbocycles. The molecule has 2 heterocycles. The lowest BCUT2D eigenvalue weighted by Gasteiger charge is -2.32. The molecule has 21 heavy (non-hydrogen) atoms. The molecule has 2 aromatic rings. The van der Waals surface area contributed by atoms with E-state index in [1.807, 2.05) is 30.5 Å². The Balaban J connectivity index is 0.00000161. The minimum Gasteiger partial charge on any atom is -0.375 e. The summed E-state index contributed by atoms with van der Waals surface area (Å²) in [5, 5.41) is 1.38. The Bertz CT molecular complexity index is 576. The number of anilines is 1. The lowest BCUT2D eigenvalue weighted by atomic mass is 10.1. The normalized spacial score (nSPS) is 19.2. The predicted octanol–water partition coefficient (Wildman–Crippen LogP) is 3.37. The number of thiazole rings is 1. The molecule has 1 saturated heterocycles. The summed E-state index contributed by atoms with van der Waals surface area (Å²) in [6.45, 7) is 3.42. The van der Waals surface area contributed by atoms with Crippen molar-refractivity contribution in [3.05, 3.63) is 45.9 Å². The summed E-state index contributed by atoms with van der Waals surface area (Å²) in [7, 11) is 0. The predicted molar refractivity (Wildman–Crippen MR) is 89.2 cm³/mol. The molecule has 0 saturated carbocycles. The number of nitrogen functional groups attached to an aromatic ring is 1. The molecule has 114 valence electrons. The molecule has 0 radical (unpaired) electrons. The first-order valence-corrected chi connectivity index (χ1v) is 7.70. The number of aromatic nitrogens is 1. The lowest BCUT2D eigenvalue weighted by molar-refractivity contribution is -0.0326. The number of nitrogens with two attached hydrogens (primary N) is 1. The molecule has 1 aliphatic heterocycles. The lowest BCUT2D eigenvalue weighted by Crippen LogP contribution is -2.37. The van der Waals surface area contributed by atoms with Crippen LogP contribution in [-0.4, -0.2) is 29.6 Å². The number of morpholine rings is 1. The number of nitrogens with zero attached hydrogens (tertiary/aromatic N) is 2. The highest BCUT2D eigenvalue weighted by molar-refractivity contribution is 7.15. The fourth-order valence-electron chi connectivity index (χ4n) is 2.34. The van der Waals surface area contributed by atoms with Crippen LogP contribution >= 0.6 is 35.3 Å². The summed E-state index contributed by atoms with van der Waals surface area (Å²) < 4.78 is 5.86. The first kappa shape index (κ1) is 16.5. The van der Waals surface area contributed by atoms with Gasteiger partial charge in [0.1, 0.15) is 0 Å². The van der Waals surface area contributed by atoms with Crippen LogP contribution in [0.4, 0.5) is 5.13 Å². The van der Waals surface area contributed by atoms with Crippen LogP contribution in [0.15, 0.2) is 30.5 Å². The van der Waals surface area contributed by atoms with Crippen LogP contribution in [0.5, 0.6) is 0 Å². The van der Waals surface area contributed by atoms with Crippen LogP contribution in [0.1, 0.15) is 16.5 Å². The molecular formula is C14H17Cl2N3OS. The fraction of sp³-hybridized carbons (Fsp3) is 0.357. The Hall–Kier alpha value is -0.850. The molecule has 0 bridgehead atoms. The molecule has 1 fully saturated rings. The van der Waals surface area contributed by atoms with Crippen molar-refractivity contribution in [1.29, 1.82) is 0 Å². The van der Waals surface area contributed by atoms with Crippen molar-refractivity contribution in [3.63, 3.8) is 0 Å². The van der Waals surface area contributed by atoms with E-state index >= 15 is 0 Å². The molecule has 7 heteroatoms. The van der Waals surface area contributed by atoms with Gasteiger partial charge in [-0.05, 0) is 17.7 Å². The summed E-state index contributed by atoms with van der Waals surface area (Å²) in [6, 6.07) is 7.87. The van der Waals surface area contributed by atoms with Gasteiger partial charge in [-0.15, -0.1) is 23.7 Å². The molecule has 1 unspecified atom stereocenters. The molecule has 3 rings (SSSR count). The van der Waals surface area contributed by atoms with Crippen LogP contribution in [-0.2, 0) is 11.3 Å². The van der Waals surface area contributed by atoms with Crippen LogP contribution in [0, 0.1) is 0 Å². The first-order chi connectivity index (χ1) is 9.70. The van der Waals surface area contributed by atoms with E-state index in [2.05, 4.69) is 9.88 Å². The number of ether oxygens (including phenoxy) is 1. The van der Waals surface area contributed by atoms with Crippen molar-refractivity contribution in [2.45, 2.75) is 12.6 Å². The Kier molecular flexibility index (Phi) is 5.84. The third-order valence-electron chi connectivity index (χ3n) is 3.34. The highest BCUT2D eigenvalue weighted by Crippen LogP contribution is 2.25. The molecule has 1 atom stereocenters. The average molecular weight is 346 g/mol. The average Bonchev–Trinajstić information content (AvgIpc) is 2.85. The van der Waals surface area contributed by atoms with E-state index in [0.717, 1.165) is 31.3 Å². The molecule has 0 spiro atoms. The SMILES string of the molecule is Cl.Nc1ncc(CN2CCOC(c3ccc(Cl)cc3)C2)s1. The van der Waals surface area contributed by atoms with Crippen molar-refractivity contribution < 1.29 is 4.74 Å². The van der Waals surface area contributed by atoms with Crippen molar-refractivity contribution in [2.24, 2.45) is 0 Å². The summed E-state index contributed by atoms with van der Waals surface area (Å²) >= 11 is 7.47. The quantitative estimate of drug-likeness (QED) is 0.926. The van der Waals surface area contributed by atoms with Gasteiger partial charge in [-0.3, -0.25) is 4.90 Å². The second-order valence-electron chi connectivity index (χ2n) is 4.81. The zero-order chi connectivity index (χ0) is 13.9. The highest BCUT2D eigenvalue weighted by atomic mass is 35.5. The van der Waals surface area contributed by atoms with Gasteiger partial charge in [-0.1, -0.05) is 23.7 Å². The molecule has 4 nitrogen and oxygen atoms in total. The summed E-state index contributed by atoms with van der Waals surface area (Å²) in [5.41, 5.74) is 6.84. The van der Waals surface area contributed by atoms with Gasteiger partial charge >= 0.3 is 0 Å². The second-order valence-corrected chi connectivity index (χ2v) is 6.39. The topological polar surface area (TPSA) is 51.4 Å². The van der Waals surface area contributed by atoms with Crippen LogP contribution in [0.25, 0.3) is 0 Å². The molecule has 0 aliphatic carbocycles. The highest BCUT2D eigenvalue weighted by Gasteiger charge is 2.22. The Morgan fingerprint density at radius 2 is 2.14 bits per heavy atom. The third-order valence-corrected chi connectivity index (χ3v) is 4.41. The van der Waals surface area contributed by atoms with Gasteiger partial charge in [0.05, 0.1) is 12.7 Å². The Morgan fingerprint density at radius 1 is 1.38 bits per heavy atom. The number of halogens is 2. The summed E-state index contributed by atoms with van der Waals surface area (Å²) in [5.74, 6) is 0.